The summed E-state index contributed by atoms with van der Waals surface area (Å²) in [6, 6.07) is 5.30. The quantitative estimate of drug-likeness (QED) is 0.262. The highest BCUT2D eigenvalue weighted by molar-refractivity contribution is 5.77. The number of hydrogen-bond donors (Lipinski definition) is 0. The average molecular weight is 551 g/mol. The summed E-state index contributed by atoms with van der Waals surface area (Å²) >= 11 is 0. The molecule has 5 aromatic rings. The molecule has 0 bridgehead atoms. The number of benzene rings is 1. The molecule has 10 nitrogen and oxygen atoms in total. The van der Waals surface area contributed by atoms with Gasteiger partial charge in [0.05, 0.1) is 43.6 Å². The fourth-order valence-corrected chi connectivity index (χ4v) is 4.72. The number of methoxy groups -OCH3 is 2. The molecule has 1 aliphatic rings. The van der Waals surface area contributed by atoms with Crippen molar-refractivity contribution in [3.63, 3.8) is 0 Å². The highest BCUT2D eigenvalue weighted by atomic mass is 19.4. The van der Waals surface area contributed by atoms with Crippen molar-refractivity contribution in [3.05, 3.63) is 60.1 Å². The van der Waals surface area contributed by atoms with Crippen LogP contribution in [0.1, 0.15) is 42.6 Å². The largest absolute Gasteiger partial charge is 0.496 e. The molecule has 4 aromatic heterocycles. The van der Waals surface area contributed by atoms with Crippen LogP contribution in [0, 0.1) is 0 Å². The molecule has 0 amide bonds. The third-order valence-corrected chi connectivity index (χ3v) is 6.85. The van der Waals surface area contributed by atoms with E-state index in [0.717, 1.165) is 35.7 Å². The number of hydrogen-bond acceptors (Lipinski definition) is 8. The van der Waals surface area contributed by atoms with E-state index in [1.54, 1.807) is 43.2 Å². The lowest BCUT2D eigenvalue weighted by Crippen LogP contribution is -2.06. The van der Waals surface area contributed by atoms with Crippen LogP contribution in [-0.2, 0) is 19.3 Å². The zero-order chi connectivity index (χ0) is 28.0. The molecule has 0 spiro atoms. The van der Waals surface area contributed by atoms with Crippen LogP contribution < -0.4 is 9.47 Å². The van der Waals surface area contributed by atoms with Crippen molar-refractivity contribution in [1.82, 2.24) is 39.3 Å². The Morgan fingerprint density at radius 3 is 2.55 bits per heavy atom. The Hall–Kier alpha value is -4.55. The summed E-state index contributed by atoms with van der Waals surface area (Å²) in [5.41, 5.74) is 2.49. The summed E-state index contributed by atoms with van der Waals surface area (Å²) < 4.78 is 54.2. The number of nitrogens with zero attached hydrogens (tertiary/aromatic N) is 8. The van der Waals surface area contributed by atoms with Crippen LogP contribution in [0.25, 0.3) is 33.8 Å². The molecule has 1 aromatic carbocycles. The van der Waals surface area contributed by atoms with E-state index in [-0.39, 0.29) is 5.82 Å². The lowest BCUT2D eigenvalue weighted by molar-refractivity contribution is -0.140. The van der Waals surface area contributed by atoms with E-state index in [4.69, 9.17) is 14.5 Å². The van der Waals surface area contributed by atoms with Crippen LogP contribution in [0.4, 0.5) is 13.2 Å². The summed E-state index contributed by atoms with van der Waals surface area (Å²) in [6.45, 7) is 2.42. The van der Waals surface area contributed by atoms with Crippen molar-refractivity contribution in [1.29, 1.82) is 0 Å². The average Bonchev–Trinajstić information content (AvgIpc) is 3.59. The summed E-state index contributed by atoms with van der Waals surface area (Å²) in [4.78, 5) is 22.0. The molecule has 13 heteroatoms. The molecule has 0 radical (unpaired) electrons. The molecule has 1 saturated carbocycles. The van der Waals surface area contributed by atoms with Gasteiger partial charge in [0.1, 0.15) is 23.5 Å². The smallest absolute Gasteiger partial charge is 0.434 e. The second-order valence-corrected chi connectivity index (χ2v) is 9.46. The number of aryl methyl sites for hydroxylation is 1. The summed E-state index contributed by atoms with van der Waals surface area (Å²) in [6.07, 6.45) is 3.44. The lowest BCUT2D eigenvalue weighted by atomic mass is 10.1. The first-order chi connectivity index (χ1) is 19.3. The van der Waals surface area contributed by atoms with Crippen LogP contribution in [0.3, 0.4) is 0 Å². The van der Waals surface area contributed by atoms with Crippen molar-refractivity contribution < 1.29 is 22.6 Å². The fraction of sp³-hybridized carbons (Fsp3) is 0.333. The molecule has 6 rings (SSSR count). The minimum Gasteiger partial charge on any atom is -0.496 e. The number of ether oxygens (including phenoxy) is 2. The molecule has 1 aliphatic carbocycles. The molecule has 40 heavy (non-hydrogen) atoms. The van der Waals surface area contributed by atoms with Gasteiger partial charge in [0.25, 0.3) is 0 Å². The number of halogens is 3. The standard InChI is InChI=1S/C27H25F3N8O2/c1-4-37-13-20(27(28,29)30)35-25(37)18-8-5-15(9-19(18)39-2)12-38-24-17(11-34-38)10-31-23(36-24)21-22(16-6-7-16)32-14-33-26(21)40-3/h5,8-11,13-14,16H,4,6-7,12H2,1-3H3. The Bertz CT molecular complexity index is 1710. The number of imidazole rings is 1. The molecular weight excluding hydrogens is 525 g/mol. The van der Waals surface area contributed by atoms with Gasteiger partial charge in [0.2, 0.25) is 5.88 Å². The van der Waals surface area contributed by atoms with Gasteiger partial charge >= 0.3 is 6.18 Å². The maximum absolute atomic E-state index is 13.3. The summed E-state index contributed by atoms with van der Waals surface area (Å²) in [5.74, 6) is 1.79. The first-order valence-corrected chi connectivity index (χ1v) is 12.7. The second kappa shape index (κ2) is 9.88. The molecule has 0 atom stereocenters. The van der Waals surface area contributed by atoms with Crippen LogP contribution in [0.15, 0.2) is 43.1 Å². The Balaban J connectivity index is 1.36. The van der Waals surface area contributed by atoms with Gasteiger partial charge in [-0.2, -0.15) is 18.3 Å². The Morgan fingerprint density at radius 2 is 1.85 bits per heavy atom. The van der Waals surface area contributed by atoms with Crippen molar-refractivity contribution >= 4 is 11.0 Å². The molecular formula is C27H25F3N8O2. The van der Waals surface area contributed by atoms with Crippen LogP contribution in [0.2, 0.25) is 0 Å². The normalized spacial score (nSPS) is 13.7. The van der Waals surface area contributed by atoms with Crippen LogP contribution >= 0.6 is 0 Å². The number of alkyl halides is 3. The SMILES string of the molecule is CCn1cc(C(F)(F)F)nc1-c1ccc(Cn2ncc3cnc(-c4c(OC)ncnc4C4CC4)nc32)cc1OC. The second-order valence-electron chi connectivity index (χ2n) is 9.46. The highest BCUT2D eigenvalue weighted by Gasteiger charge is 2.35. The van der Waals surface area contributed by atoms with Gasteiger partial charge in [-0.3, -0.25) is 0 Å². The molecule has 0 unspecified atom stereocenters. The van der Waals surface area contributed by atoms with E-state index in [1.165, 1.54) is 18.0 Å². The Morgan fingerprint density at radius 1 is 1.02 bits per heavy atom. The van der Waals surface area contributed by atoms with Crippen molar-refractivity contribution in [3.8, 4) is 34.4 Å². The molecule has 206 valence electrons. The van der Waals surface area contributed by atoms with E-state index in [0.29, 0.717) is 53.2 Å². The monoisotopic (exact) mass is 550 g/mol. The van der Waals surface area contributed by atoms with E-state index in [2.05, 4.69) is 25.0 Å². The third-order valence-electron chi connectivity index (χ3n) is 6.85. The predicted octanol–water partition coefficient (Wildman–Crippen LogP) is 5.13. The predicted molar refractivity (Wildman–Crippen MR) is 139 cm³/mol. The van der Waals surface area contributed by atoms with Gasteiger partial charge in [0, 0.05) is 24.9 Å². The van der Waals surface area contributed by atoms with E-state index < -0.39 is 11.9 Å². The molecule has 0 saturated heterocycles. The summed E-state index contributed by atoms with van der Waals surface area (Å²) in [5, 5.41) is 5.25. The minimum atomic E-state index is -4.54. The minimum absolute atomic E-state index is 0.186. The van der Waals surface area contributed by atoms with Gasteiger partial charge in [0.15, 0.2) is 17.2 Å². The van der Waals surface area contributed by atoms with Crippen LogP contribution in [0.5, 0.6) is 11.6 Å². The van der Waals surface area contributed by atoms with E-state index in [1.807, 2.05) is 6.07 Å². The van der Waals surface area contributed by atoms with Gasteiger partial charge in [-0.25, -0.2) is 29.6 Å². The first kappa shape index (κ1) is 25.7. The maximum Gasteiger partial charge on any atom is 0.434 e. The third kappa shape index (κ3) is 4.61. The molecule has 0 aliphatic heterocycles. The topological polar surface area (TPSA) is 106 Å². The maximum atomic E-state index is 13.3. The zero-order valence-corrected chi connectivity index (χ0v) is 22.0. The molecule has 0 N–H and O–H groups in total. The Kier molecular flexibility index (Phi) is 6.35. The highest BCUT2D eigenvalue weighted by Crippen LogP contribution is 2.45. The lowest BCUT2D eigenvalue weighted by Gasteiger charge is -2.13. The first-order valence-electron chi connectivity index (χ1n) is 12.7. The fourth-order valence-electron chi connectivity index (χ4n) is 4.72. The van der Waals surface area contributed by atoms with Crippen LogP contribution in [-0.4, -0.2) is 53.5 Å². The van der Waals surface area contributed by atoms with Gasteiger partial charge < -0.3 is 14.0 Å². The van der Waals surface area contributed by atoms with Crippen molar-refractivity contribution in [2.45, 2.75) is 44.9 Å². The van der Waals surface area contributed by atoms with Gasteiger partial charge in [-0.15, -0.1) is 0 Å². The molecule has 4 heterocycles. The van der Waals surface area contributed by atoms with Crippen molar-refractivity contribution in [2.75, 3.05) is 14.2 Å². The zero-order valence-electron chi connectivity index (χ0n) is 22.0. The van der Waals surface area contributed by atoms with E-state index >= 15 is 0 Å². The number of rotatable bonds is 8. The van der Waals surface area contributed by atoms with Gasteiger partial charge in [-0.05, 0) is 37.5 Å². The number of fused-ring (bicyclic) bond motifs is 1. The summed E-state index contributed by atoms with van der Waals surface area (Å²) in [7, 11) is 3.03. The Labute approximate surface area is 226 Å². The van der Waals surface area contributed by atoms with Gasteiger partial charge in [-0.1, -0.05) is 6.07 Å². The van der Waals surface area contributed by atoms with E-state index in [9.17, 15) is 13.2 Å². The molecule has 1 fully saturated rings. The van der Waals surface area contributed by atoms with Crippen molar-refractivity contribution in [2.24, 2.45) is 0 Å². The number of aromatic nitrogens is 8.